The van der Waals surface area contributed by atoms with Gasteiger partial charge < -0.3 is 9.30 Å². The monoisotopic (exact) mass is 267 g/mol. The lowest BCUT2D eigenvalue weighted by atomic mass is 10.3. The van der Waals surface area contributed by atoms with Gasteiger partial charge in [-0.25, -0.2) is 0 Å². The Hall–Kier alpha value is -1.73. The molecule has 0 radical (unpaired) electrons. The highest BCUT2D eigenvalue weighted by Crippen LogP contribution is 2.17. The molecule has 7 nitrogen and oxygen atoms in total. The molecule has 0 aromatic carbocycles. The van der Waals surface area contributed by atoms with Crippen molar-refractivity contribution in [3.8, 4) is 0 Å². The summed E-state index contributed by atoms with van der Waals surface area (Å²) in [6.07, 6.45) is 1.43. The summed E-state index contributed by atoms with van der Waals surface area (Å²) in [6, 6.07) is 1.33. The predicted octanol–water partition coefficient (Wildman–Crippen LogP) is 0.931. The minimum absolute atomic E-state index is 0.0350. The second kappa shape index (κ2) is 5.94. The number of aromatic nitrogens is 1. The van der Waals surface area contributed by atoms with Crippen molar-refractivity contribution in [1.29, 1.82) is 0 Å². The first kappa shape index (κ1) is 13.7. The van der Waals surface area contributed by atoms with Crippen molar-refractivity contribution in [2.24, 2.45) is 0 Å². The maximum atomic E-state index is 11.5. The van der Waals surface area contributed by atoms with E-state index in [-0.39, 0.29) is 11.5 Å². The van der Waals surface area contributed by atoms with Crippen LogP contribution >= 0.6 is 0 Å². The van der Waals surface area contributed by atoms with Crippen molar-refractivity contribution in [1.82, 2.24) is 9.47 Å². The molecular formula is C12H17N3O4. The van der Waals surface area contributed by atoms with E-state index in [4.69, 9.17) is 4.74 Å². The lowest BCUT2D eigenvalue weighted by Crippen LogP contribution is -2.38. The smallest absolute Gasteiger partial charge is 0.287 e. The number of nitrogens with zero attached hydrogens (tertiary/aromatic N) is 3. The standard InChI is InChI=1S/C12H17N3O4/c1-10(16)12-8-11(15(17)18)9-14(12)3-2-13-4-6-19-7-5-13/h8-9H,2-7H2,1H3. The molecule has 0 spiro atoms. The zero-order valence-electron chi connectivity index (χ0n) is 10.9. The van der Waals surface area contributed by atoms with Crippen LogP contribution in [0, 0.1) is 10.1 Å². The van der Waals surface area contributed by atoms with Crippen LogP contribution in [0.25, 0.3) is 0 Å². The molecule has 0 amide bonds. The Labute approximate surface area is 110 Å². The maximum absolute atomic E-state index is 11.5. The fourth-order valence-electron chi connectivity index (χ4n) is 2.15. The molecule has 0 N–H and O–H groups in total. The molecule has 19 heavy (non-hydrogen) atoms. The fourth-order valence-corrected chi connectivity index (χ4v) is 2.15. The molecule has 7 heteroatoms. The Morgan fingerprint density at radius 1 is 1.42 bits per heavy atom. The third-order valence-corrected chi connectivity index (χ3v) is 3.21. The van der Waals surface area contributed by atoms with Crippen LogP contribution in [0.15, 0.2) is 12.3 Å². The van der Waals surface area contributed by atoms with Crippen LogP contribution in [0.2, 0.25) is 0 Å². The molecule has 0 atom stereocenters. The minimum atomic E-state index is -0.475. The van der Waals surface area contributed by atoms with E-state index in [0.717, 1.165) is 19.6 Å². The average molecular weight is 267 g/mol. The van der Waals surface area contributed by atoms with Gasteiger partial charge in [-0.1, -0.05) is 0 Å². The Morgan fingerprint density at radius 3 is 2.68 bits per heavy atom. The molecule has 0 bridgehead atoms. The van der Waals surface area contributed by atoms with Gasteiger partial charge in [0, 0.05) is 39.2 Å². The van der Waals surface area contributed by atoms with Gasteiger partial charge in [-0.3, -0.25) is 19.8 Å². The number of hydrogen-bond donors (Lipinski definition) is 0. The summed E-state index contributed by atoms with van der Waals surface area (Å²) in [5.74, 6) is -0.157. The Morgan fingerprint density at radius 2 is 2.11 bits per heavy atom. The van der Waals surface area contributed by atoms with E-state index in [2.05, 4.69) is 4.90 Å². The van der Waals surface area contributed by atoms with Crippen molar-refractivity contribution < 1.29 is 14.5 Å². The van der Waals surface area contributed by atoms with Crippen LogP contribution in [0.4, 0.5) is 5.69 Å². The van der Waals surface area contributed by atoms with Crippen molar-refractivity contribution in [3.05, 3.63) is 28.1 Å². The summed E-state index contributed by atoms with van der Waals surface area (Å²) in [7, 11) is 0. The number of carbonyl (C=O) groups is 1. The third-order valence-electron chi connectivity index (χ3n) is 3.21. The normalized spacial score (nSPS) is 16.5. The molecule has 0 unspecified atom stereocenters. The van der Waals surface area contributed by atoms with Crippen molar-refractivity contribution >= 4 is 11.5 Å². The van der Waals surface area contributed by atoms with Gasteiger partial charge in [0.1, 0.15) is 0 Å². The second-order valence-electron chi connectivity index (χ2n) is 4.54. The predicted molar refractivity (Wildman–Crippen MR) is 68.3 cm³/mol. The lowest BCUT2D eigenvalue weighted by molar-refractivity contribution is -0.384. The van der Waals surface area contributed by atoms with E-state index in [9.17, 15) is 14.9 Å². The zero-order chi connectivity index (χ0) is 13.8. The highest BCUT2D eigenvalue weighted by atomic mass is 16.6. The number of ether oxygens (including phenoxy) is 1. The van der Waals surface area contributed by atoms with E-state index < -0.39 is 4.92 Å². The zero-order valence-corrected chi connectivity index (χ0v) is 10.9. The van der Waals surface area contributed by atoms with Crippen LogP contribution in [0.5, 0.6) is 0 Å². The SMILES string of the molecule is CC(=O)c1cc([N+](=O)[O-])cn1CCN1CCOCC1. The van der Waals surface area contributed by atoms with Crippen LogP contribution in [0.1, 0.15) is 17.4 Å². The van der Waals surface area contributed by atoms with Gasteiger partial charge in [0.15, 0.2) is 5.78 Å². The Balaban J connectivity index is 2.05. The number of carbonyl (C=O) groups excluding carboxylic acids is 1. The van der Waals surface area contributed by atoms with Gasteiger partial charge in [-0.15, -0.1) is 0 Å². The fraction of sp³-hybridized carbons (Fsp3) is 0.583. The van der Waals surface area contributed by atoms with Gasteiger partial charge >= 0.3 is 0 Å². The van der Waals surface area contributed by atoms with E-state index in [1.54, 1.807) is 4.57 Å². The van der Waals surface area contributed by atoms with Crippen molar-refractivity contribution in [3.63, 3.8) is 0 Å². The third kappa shape index (κ3) is 3.39. The number of nitro groups is 1. The number of Topliss-reactive ketones (excluding diaryl/α,β-unsaturated/α-hetero) is 1. The van der Waals surface area contributed by atoms with Crippen LogP contribution in [0.3, 0.4) is 0 Å². The highest BCUT2D eigenvalue weighted by Gasteiger charge is 2.17. The lowest BCUT2D eigenvalue weighted by Gasteiger charge is -2.26. The first-order chi connectivity index (χ1) is 9.08. The number of rotatable bonds is 5. The minimum Gasteiger partial charge on any atom is -0.379 e. The van der Waals surface area contributed by atoms with Crippen LogP contribution in [-0.2, 0) is 11.3 Å². The summed E-state index contributed by atoms with van der Waals surface area (Å²) in [5.41, 5.74) is 0.354. The summed E-state index contributed by atoms with van der Waals surface area (Å²) in [4.78, 5) is 24.0. The van der Waals surface area contributed by atoms with E-state index in [1.165, 1.54) is 19.2 Å². The topological polar surface area (TPSA) is 77.6 Å². The van der Waals surface area contributed by atoms with Crippen molar-refractivity contribution in [2.45, 2.75) is 13.5 Å². The van der Waals surface area contributed by atoms with Crippen LogP contribution in [-0.4, -0.2) is 53.0 Å². The average Bonchev–Trinajstić information content (AvgIpc) is 2.82. The first-order valence-electron chi connectivity index (χ1n) is 6.23. The summed E-state index contributed by atoms with van der Waals surface area (Å²) < 4.78 is 6.92. The molecule has 1 saturated heterocycles. The molecular weight excluding hydrogens is 250 g/mol. The summed E-state index contributed by atoms with van der Waals surface area (Å²) in [5, 5.41) is 10.7. The van der Waals surface area contributed by atoms with Gasteiger partial charge in [0.05, 0.1) is 30.0 Å². The molecule has 0 saturated carbocycles. The number of morpholine rings is 1. The number of hydrogen-bond acceptors (Lipinski definition) is 5. The van der Waals surface area contributed by atoms with Gasteiger partial charge in [-0.05, 0) is 0 Å². The van der Waals surface area contributed by atoms with Gasteiger partial charge in [-0.2, -0.15) is 0 Å². The van der Waals surface area contributed by atoms with E-state index >= 15 is 0 Å². The maximum Gasteiger partial charge on any atom is 0.287 e. The summed E-state index contributed by atoms with van der Waals surface area (Å²) in [6.45, 7) is 5.90. The summed E-state index contributed by atoms with van der Waals surface area (Å²) >= 11 is 0. The van der Waals surface area contributed by atoms with Gasteiger partial charge in [0.2, 0.25) is 0 Å². The quantitative estimate of drug-likeness (QED) is 0.450. The molecule has 2 heterocycles. The van der Waals surface area contributed by atoms with Crippen LogP contribution < -0.4 is 0 Å². The molecule has 104 valence electrons. The molecule has 2 rings (SSSR count). The Kier molecular flexibility index (Phi) is 4.28. The van der Waals surface area contributed by atoms with E-state index in [0.29, 0.717) is 25.5 Å². The van der Waals surface area contributed by atoms with E-state index in [1.807, 2.05) is 0 Å². The largest absolute Gasteiger partial charge is 0.379 e. The molecule has 1 aromatic heterocycles. The highest BCUT2D eigenvalue weighted by molar-refractivity contribution is 5.93. The van der Waals surface area contributed by atoms with Crippen molar-refractivity contribution in [2.75, 3.05) is 32.8 Å². The van der Waals surface area contributed by atoms with Gasteiger partial charge in [0.25, 0.3) is 5.69 Å². The molecule has 1 aromatic rings. The second-order valence-corrected chi connectivity index (χ2v) is 4.54. The first-order valence-corrected chi connectivity index (χ1v) is 6.23. The molecule has 1 aliphatic heterocycles. The molecule has 1 aliphatic rings. The number of ketones is 1. The molecule has 1 fully saturated rings. The Bertz CT molecular complexity index is 477. The molecule has 0 aliphatic carbocycles.